The van der Waals surface area contributed by atoms with Crippen LogP contribution in [0.2, 0.25) is 0 Å². The maximum absolute atomic E-state index is 2.16. The molecule has 0 N–H and O–H groups in total. The predicted molar refractivity (Wildman–Crippen MR) is 40.1 cm³/mol. The van der Waals surface area contributed by atoms with Crippen molar-refractivity contribution in [3.63, 3.8) is 0 Å². The van der Waals surface area contributed by atoms with Gasteiger partial charge in [-0.2, -0.15) is 0 Å². The zero-order valence-corrected chi connectivity index (χ0v) is 44.4. The number of hydrogen-bond acceptors (Lipinski definition) is 0. The average molecular weight is 1420 g/mol. The van der Waals surface area contributed by atoms with Gasteiger partial charge in [0.15, 0.2) is 0 Å². The first kappa shape index (κ1) is 148. The zero-order valence-electron chi connectivity index (χ0n) is 9.21. The summed E-state index contributed by atoms with van der Waals surface area (Å²) in [4.78, 5) is 0. The third kappa shape index (κ3) is 144. The Balaban J connectivity index is -0.0000000000368. The summed E-state index contributed by atoms with van der Waals surface area (Å²) in [6, 6.07) is 0. The largest absolute Gasteiger partial charge is 4.00 e. The minimum atomic E-state index is 0. The fraction of sp³-hybridized carbons (Fsp3) is 0. The third-order valence-electron chi connectivity index (χ3n) is 0. The van der Waals surface area contributed by atoms with Gasteiger partial charge in [0.1, 0.15) is 0 Å². The Hall–Kier alpha value is 14.4. The standard InChI is InChI=1S/Ag.Ba.Be.Co.Cr.Ga.GeH4.In.K.Mg.Mo.Nb.Ni.Pd.Sc.Tc.V.2Zr/h;;;;;;1H4;;;;;;;;;;;;/q+1;3*+2;2*+3;;+3;+1;+2;;3*+2;+3;;+3;2*+4. The van der Waals surface area contributed by atoms with Crippen molar-refractivity contribution in [3.05, 3.63) is 0 Å². The van der Waals surface area contributed by atoms with Crippen LogP contribution in [0.25, 0.3) is 0 Å². The molecule has 19 heavy (non-hydrogen) atoms. The second-order valence-electron chi connectivity index (χ2n) is 0. The first-order valence-corrected chi connectivity index (χ1v) is 5.40. The maximum atomic E-state index is 2.16. The van der Waals surface area contributed by atoms with Gasteiger partial charge in [-0.25, -0.2) is 0 Å². The molecule has 0 nitrogen and oxygen atoms in total. The van der Waals surface area contributed by atoms with Gasteiger partial charge in [0, 0.05) is 0 Å². The van der Waals surface area contributed by atoms with Crippen LogP contribution in [0.3, 0.4) is 0 Å². The summed E-state index contributed by atoms with van der Waals surface area (Å²) in [6.07, 6.45) is 0. The van der Waals surface area contributed by atoms with Crippen molar-refractivity contribution in [1.82, 2.24) is 0 Å². The van der Waals surface area contributed by atoms with E-state index in [9.17, 15) is 0 Å². The molecule has 0 aromatic carbocycles. The Bertz CT molecular complexity index is 78.7. The fourth-order valence-corrected chi connectivity index (χ4v) is 0. The van der Waals surface area contributed by atoms with Crippen molar-refractivity contribution < 1.29 is 297 Å². The molecule has 0 amide bonds. The molecule has 0 heterocycles. The van der Waals surface area contributed by atoms with E-state index in [1.807, 2.05) is 17.0 Å². The normalized spacial score (nSPS) is 0.263. The van der Waals surface area contributed by atoms with Crippen molar-refractivity contribution in [3.8, 4) is 0 Å². The quantitative estimate of drug-likeness (QED) is 0.212. The van der Waals surface area contributed by atoms with E-state index in [0.29, 0.717) is 0 Å². The number of hydrogen-bond donors (Lipinski definition) is 0. The van der Waals surface area contributed by atoms with Crippen LogP contribution in [0, 0.1) is 0 Å². The van der Waals surface area contributed by atoms with Gasteiger partial charge in [0.2, 0.25) is 0 Å². The SMILES string of the molecule is [Ag+].[Ba+2].[Be+2].[Co+2].[Cr+3].[Ga+3].[GeH4].[In+3].[K+].[Mg+2].[Mo][Tc].[Nb+2].[Ni+2].[Pd+2].[Sc+3].[V+3].[Zr+4].[Zr+4]. The molecule has 0 bridgehead atoms. The Morgan fingerprint density at radius 2 is 1.00 bits per heavy atom. The second-order valence-corrected chi connectivity index (χ2v) is 0. The molecule has 3 radical (unpaired) electrons. The molecule has 0 aliphatic rings. The Morgan fingerprint density at radius 3 is 1.00 bits per heavy atom. The Kier molecular flexibility index (Phi) is 1200. The minimum Gasteiger partial charge on any atom is 2.00 e. The molecule has 62 valence electrons. The predicted octanol–water partition coefficient (Wildman–Crippen LogP) is -6.38. The van der Waals surface area contributed by atoms with Crippen molar-refractivity contribution in [2.24, 2.45) is 0 Å². The molecule has 0 aromatic rings. The molecule has 0 aliphatic carbocycles. The van der Waals surface area contributed by atoms with Crippen LogP contribution in [0.4, 0.5) is 0 Å². The average Bonchev–Trinajstić information content (AvgIpc) is 1.00. The monoisotopic (exact) mass is 1420 g/mol. The van der Waals surface area contributed by atoms with Crippen LogP contribution in [0.5, 0.6) is 0 Å². The van der Waals surface area contributed by atoms with E-state index in [2.05, 4.69) is 16.0 Å². The van der Waals surface area contributed by atoms with Crippen LogP contribution >= 0.6 is 0 Å². The zero-order chi connectivity index (χ0) is 2.00. The summed E-state index contributed by atoms with van der Waals surface area (Å²) >= 11 is 4.08. The topological polar surface area (TPSA) is 0 Å². The Morgan fingerprint density at radius 1 is 1.00 bits per heavy atom. The van der Waals surface area contributed by atoms with Gasteiger partial charge in [-0.05, 0) is 0 Å². The molecule has 0 fully saturated rings. The van der Waals surface area contributed by atoms with Crippen LogP contribution in [-0.4, -0.2) is 145 Å². The van der Waals surface area contributed by atoms with Crippen molar-refractivity contribution >= 4 is 145 Å². The van der Waals surface area contributed by atoms with Crippen molar-refractivity contribution in [2.75, 3.05) is 0 Å². The molecule has 0 spiro atoms. The molecule has 0 atom stereocenters. The molecule has 19 heteroatoms. The maximum Gasteiger partial charge on any atom is 4.00 e. The number of rotatable bonds is 0. The summed E-state index contributed by atoms with van der Waals surface area (Å²) in [7, 11) is 0. The van der Waals surface area contributed by atoms with Gasteiger partial charge in [-0.1, -0.05) is 0 Å². The van der Waals surface area contributed by atoms with Gasteiger partial charge >= 0.3 is 442 Å². The molecule has 0 saturated carbocycles. The van der Waals surface area contributed by atoms with Crippen LogP contribution in [0.1, 0.15) is 0 Å². The van der Waals surface area contributed by atoms with Gasteiger partial charge in [0.05, 0.1) is 0 Å². The van der Waals surface area contributed by atoms with E-state index in [4.69, 9.17) is 0 Å². The second kappa shape index (κ2) is 154. The molecule has 0 rings (SSSR count). The molecule has 0 unspecified atom stereocenters. The molecular weight excluding hydrogens is 1420 g/mol. The van der Waals surface area contributed by atoms with Crippen LogP contribution in [-0.2, 0) is 246 Å². The first-order chi connectivity index (χ1) is 1.00. The van der Waals surface area contributed by atoms with Crippen molar-refractivity contribution in [1.29, 1.82) is 0 Å². The summed E-state index contributed by atoms with van der Waals surface area (Å²) < 4.78 is 0. The molecular formula is H4AgBaBeCoCrGaGeInKMgMoNbNiPdScTcVZr2+39. The van der Waals surface area contributed by atoms with E-state index < -0.39 is 0 Å². The van der Waals surface area contributed by atoms with E-state index in [1.54, 1.807) is 0 Å². The first-order valence-electron chi connectivity index (χ1n) is 0.154. The fourth-order valence-electron chi connectivity index (χ4n) is 0. The van der Waals surface area contributed by atoms with E-state index in [1.165, 1.54) is 0 Å². The minimum absolute atomic E-state index is 0. The van der Waals surface area contributed by atoms with E-state index in [0.717, 1.165) is 0 Å². The van der Waals surface area contributed by atoms with Crippen LogP contribution < -0.4 is 51.4 Å². The van der Waals surface area contributed by atoms with E-state index in [-0.39, 0.29) is 409 Å². The van der Waals surface area contributed by atoms with Gasteiger partial charge < -0.3 is 0 Å². The van der Waals surface area contributed by atoms with Gasteiger partial charge in [0.25, 0.3) is 0 Å². The van der Waals surface area contributed by atoms with Gasteiger partial charge in [-0.3, -0.25) is 0 Å². The molecule has 0 aliphatic heterocycles. The summed E-state index contributed by atoms with van der Waals surface area (Å²) in [5, 5.41) is 0. The Labute approximate surface area is 428 Å². The van der Waals surface area contributed by atoms with Crippen molar-refractivity contribution in [2.45, 2.75) is 0 Å². The van der Waals surface area contributed by atoms with E-state index >= 15 is 0 Å². The summed E-state index contributed by atoms with van der Waals surface area (Å²) in [6.45, 7) is 0. The smallest absolute Gasteiger partial charge is 2.00 e. The third-order valence-corrected chi connectivity index (χ3v) is 0. The summed E-state index contributed by atoms with van der Waals surface area (Å²) in [5.41, 5.74) is 0. The summed E-state index contributed by atoms with van der Waals surface area (Å²) in [5.74, 6) is 0. The van der Waals surface area contributed by atoms with Crippen LogP contribution in [0.15, 0.2) is 0 Å². The molecule has 0 aromatic heterocycles. The molecule has 0 saturated heterocycles. The van der Waals surface area contributed by atoms with Gasteiger partial charge in [-0.15, -0.1) is 0 Å².